The summed E-state index contributed by atoms with van der Waals surface area (Å²) < 4.78 is 0. The molecule has 0 fully saturated rings. The van der Waals surface area contributed by atoms with Crippen molar-refractivity contribution in [2.24, 2.45) is 10.7 Å². The van der Waals surface area contributed by atoms with E-state index in [0.29, 0.717) is 17.8 Å². The Morgan fingerprint density at radius 3 is 2.33 bits per heavy atom. The number of benzene rings is 2. The number of aliphatic imine (C=N–C) groups is 1. The number of amidine groups is 1. The zero-order valence-electron chi connectivity index (χ0n) is 17.3. The van der Waals surface area contributed by atoms with Crippen molar-refractivity contribution >= 4 is 17.4 Å². The molecular formula is C22H25N5O3. The average molecular weight is 407 g/mol. The van der Waals surface area contributed by atoms with E-state index >= 15 is 0 Å². The molecule has 156 valence electrons. The first-order valence-electron chi connectivity index (χ1n) is 9.60. The van der Waals surface area contributed by atoms with E-state index in [4.69, 9.17) is 10.7 Å². The summed E-state index contributed by atoms with van der Waals surface area (Å²) >= 11 is 0. The van der Waals surface area contributed by atoms with Crippen LogP contribution in [0.25, 0.3) is 0 Å². The largest absolute Gasteiger partial charge is 0.366 e. The van der Waals surface area contributed by atoms with Gasteiger partial charge in [-0.2, -0.15) is 0 Å². The Balaban J connectivity index is 2.16. The monoisotopic (exact) mass is 407 g/mol. The van der Waals surface area contributed by atoms with Crippen molar-refractivity contribution in [1.82, 2.24) is 9.80 Å². The Morgan fingerprint density at radius 2 is 1.80 bits per heavy atom. The lowest BCUT2D eigenvalue weighted by Gasteiger charge is -2.39. The minimum Gasteiger partial charge on any atom is -0.366 e. The number of hydrogen-bond donors (Lipinski definition) is 1. The van der Waals surface area contributed by atoms with Gasteiger partial charge >= 0.3 is 0 Å². The van der Waals surface area contributed by atoms with Crippen LogP contribution in [-0.2, 0) is 4.79 Å². The lowest BCUT2D eigenvalue weighted by molar-refractivity contribution is -0.384. The van der Waals surface area contributed by atoms with Gasteiger partial charge in [-0.1, -0.05) is 30.3 Å². The van der Waals surface area contributed by atoms with E-state index in [0.717, 1.165) is 23.5 Å². The van der Waals surface area contributed by atoms with Crippen LogP contribution < -0.4 is 5.73 Å². The molecule has 3 rings (SSSR count). The summed E-state index contributed by atoms with van der Waals surface area (Å²) in [5.74, 6) is 0.185. The van der Waals surface area contributed by atoms with Crippen molar-refractivity contribution < 1.29 is 9.72 Å². The number of carbonyl (C=O) groups excluding carboxylic acids is 1. The molecule has 1 atom stereocenters. The van der Waals surface area contributed by atoms with Gasteiger partial charge < -0.3 is 15.5 Å². The van der Waals surface area contributed by atoms with Gasteiger partial charge in [-0.25, -0.2) is 4.99 Å². The maximum atomic E-state index is 12.4. The first-order chi connectivity index (χ1) is 14.3. The molecule has 2 N–H and O–H groups in total. The number of nitro groups is 1. The molecule has 30 heavy (non-hydrogen) atoms. The van der Waals surface area contributed by atoms with E-state index in [2.05, 4.69) is 0 Å². The number of primary amides is 1. The molecule has 0 saturated carbocycles. The Morgan fingerprint density at radius 1 is 1.17 bits per heavy atom. The molecule has 0 bridgehead atoms. The van der Waals surface area contributed by atoms with Crippen molar-refractivity contribution in [3.63, 3.8) is 0 Å². The van der Waals surface area contributed by atoms with E-state index in [1.807, 2.05) is 54.2 Å². The number of hydrogen-bond acceptors (Lipinski definition) is 6. The summed E-state index contributed by atoms with van der Waals surface area (Å²) in [6.07, 6.45) is 0. The van der Waals surface area contributed by atoms with Crippen LogP contribution in [0.5, 0.6) is 0 Å². The van der Waals surface area contributed by atoms with Gasteiger partial charge in [0.25, 0.3) is 5.69 Å². The zero-order chi connectivity index (χ0) is 21.8. The van der Waals surface area contributed by atoms with Crippen LogP contribution in [0.4, 0.5) is 5.69 Å². The number of non-ortho nitro benzene ring substituents is 1. The number of allylic oxidation sites excluding steroid dienone is 1. The van der Waals surface area contributed by atoms with Crippen LogP contribution in [0.1, 0.15) is 24.1 Å². The Bertz CT molecular complexity index is 997. The summed E-state index contributed by atoms with van der Waals surface area (Å²) in [6, 6.07) is 15.5. The highest BCUT2D eigenvalue weighted by molar-refractivity contribution is 6.04. The lowest BCUT2D eigenvalue weighted by atomic mass is 9.92. The molecule has 0 saturated heterocycles. The van der Waals surface area contributed by atoms with Crippen molar-refractivity contribution in [1.29, 1.82) is 0 Å². The standard InChI is InChI=1S/C22H25N5O3/c1-15-19(21(23)28)20(16-9-11-18(12-10-16)27(29)30)26(14-13-25(2)3)22(24-15)17-7-5-4-6-8-17/h4-12,20H,13-14H2,1-3H3,(H2,23,28). The summed E-state index contributed by atoms with van der Waals surface area (Å²) in [6.45, 7) is 3.08. The maximum absolute atomic E-state index is 12.4. The molecule has 2 aromatic carbocycles. The molecule has 1 unspecified atom stereocenters. The molecule has 0 spiro atoms. The van der Waals surface area contributed by atoms with Crippen LogP contribution in [0, 0.1) is 10.1 Å². The van der Waals surface area contributed by atoms with Crippen LogP contribution >= 0.6 is 0 Å². The molecule has 1 heterocycles. The minimum atomic E-state index is -0.554. The number of nitro benzene ring substituents is 1. The van der Waals surface area contributed by atoms with E-state index in [1.165, 1.54) is 12.1 Å². The SMILES string of the molecule is CC1=C(C(N)=O)C(c2ccc([N+](=O)[O-])cc2)N(CCN(C)C)C(c2ccccc2)=N1. The molecule has 1 aliphatic rings. The fraction of sp³-hybridized carbons (Fsp3) is 0.273. The Kier molecular flexibility index (Phi) is 6.27. The second-order valence-electron chi connectivity index (χ2n) is 7.41. The third-order valence-electron chi connectivity index (χ3n) is 5.03. The molecule has 1 aliphatic heterocycles. The van der Waals surface area contributed by atoms with E-state index in [9.17, 15) is 14.9 Å². The first kappa shape index (κ1) is 21.2. The Hall–Kier alpha value is -3.52. The molecule has 0 aliphatic carbocycles. The normalized spacial score (nSPS) is 16.6. The van der Waals surface area contributed by atoms with Gasteiger partial charge in [-0.3, -0.25) is 14.9 Å². The summed E-state index contributed by atoms with van der Waals surface area (Å²) in [5, 5.41) is 11.1. The topological polar surface area (TPSA) is 105 Å². The van der Waals surface area contributed by atoms with E-state index < -0.39 is 16.9 Å². The van der Waals surface area contributed by atoms with Crippen LogP contribution in [-0.4, -0.2) is 53.7 Å². The van der Waals surface area contributed by atoms with Gasteiger partial charge in [0.2, 0.25) is 5.91 Å². The first-order valence-corrected chi connectivity index (χ1v) is 9.60. The zero-order valence-corrected chi connectivity index (χ0v) is 17.3. The van der Waals surface area contributed by atoms with Crippen molar-refractivity contribution in [3.05, 3.63) is 87.1 Å². The molecule has 8 nitrogen and oxygen atoms in total. The number of nitrogens with two attached hydrogens (primary N) is 1. The number of carbonyl (C=O) groups is 1. The lowest BCUT2D eigenvalue weighted by Crippen LogP contribution is -2.44. The highest BCUT2D eigenvalue weighted by atomic mass is 16.6. The number of nitrogens with zero attached hydrogens (tertiary/aromatic N) is 4. The van der Waals surface area contributed by atoms with Crippen LogP contribution in [0.3, 0.4) is 0 Å². The van der Waals surface area contributed by atoms with E-state index in [1.54, 1.807) is 19.1 Å². The quantitative estimate of drug-likeness (QED) is 0.561. The highest BCUT2D eigenvalue weighted by Gasteiger charge is 2.35. The molecule has 2 aromatic rings. The molecule has 0 aromatic heterocycles. The average Bonchev–Trinajstić information content (AvgIpc) is 2.72. The fourth-order valence-corrected chi connectivity index (χ4v) is 3.56. The predicted molar refractivity (Wildman–Crippen MR) is 116 cm³/mol. The third-order valence-corrected chi connectivity index (χ3v) is 5.03. The third kappa shape index (κ3) is 4.38. The van der Waals surface area contributed by atoms with E-state index in [-0.39, 0.29) is 5.69 Å². The smallest absolute Gasteiger partial charge is 0.269 e. The van der Waals surface area contributed by atoms with Crippen molar-refractivity contribution in [2.45, 2.75) is 13.0 Å². The van der Waals surface area contributed by atoms with Crippen LogP contribution in [0.2, 0.25) is 0 Å². The van der Waals surface area contributed by atoms with Gasteiger partial charge in [-0.05, 0) is 38.7 Å². The summed E-state index contributed by atoms with van der Waals surface area (Å²) in [5.41, 5.74) is 8.35. The second kappa shape index (κ2) is 8.87. The van der Waals surface area contributed by atoms with Crippen LogP contribution in [0.15, 0.2) is 70.9 Å². The minimum absolute atomic E-state index is 0.00678. The Labute approximate surface area is 175 Å². The molecule has 1 amide bonds. The van der Waals surface area contributed by atoms with Crippen molar-refractivity contribution in [3.8, 4) is 0 Å². The second-order valence-corrected chi connectivity index (χ2v) is 7.41. The number of amides is 1. The highest BCUT2D eigenvalue weighted by Crippen LogP contribution is 2.36. The maximum Gasteiger partial charge on any atom is 0.269 e. The van der Waals surface area contributed by atoms with Gasteiger partial charge in [0.15, 0.2) is 0 Å². The molecule has 8 heteroatoms. The van der Waals surface area contributed by atoms with Gasteiger partial charge in [0, 0.05) is 30.8 Å². The summed E-state index contributed by atoms with van der Waals surface area (Å²) in [7, 11) is 3.94. The van der Waals surface area contributed by atoms with Gasteiger partial charge in [0.05, 0.1) is 22.2 Å². The predicted octanol–water partition coefficient (Wildman–Crippen LogP) is 2.72. The molecule has 0 radical (unpaired) electrons. The number of likely N-dealkylation sites (N-methyl/N-ethyl adjacent to an activating group) is 1. The number of rotatable bonds is 7. The molecular weight excluding hydrogens is 382 g/mol. The van der Waals surface area contributed by atoms with Gasteiger partial charge in [0.1, 0.15) is 5.84 Å². The fourth-order valence-electron chi connectivity index (χ4n) is 3.56. The van der Waals surface area contributed by atoms with Crippen molar-refractivity contribution in [2.75, 3.05) is 27.2 Å². The summed E-state index contributed by atoms with van der Waals surface area (Å²) in [4.78, 5) is 31.9. The van der Waals surface area contributed by atoms with Gasteiger partial charge in [-0.15, -0.1) is 0 Å².